The van der Waals surface area contributed by atoms with Crippen LogP contribution in [0.15, 0.2) is 0 Å². The number of hydrogen-bond acceptors (Lipinski definition) is 1. The molecule has 0 aromatic carbocycles. The summed E-state index contributed by atoms with van der Waals surface area (Å²) in [4.78, 5) is 0. The molecule has 0 unspecified atom stereocenters. The molecule has 106 valence electrons. The van der Waals surface area contributed by atoms with Crippen LogP contribution in [0.1, 0.15) is 85.0 Å². The molecule has 2 saturated carbocycles. The fraction of sp³-hybridized carbons (Fsp3) is 1.00. The quantitative estimate of drug-likeness (QED) is 0.756. The second-order valence-electron chi connectivity index (χ2n) is 7.83. The Morgan fingerprint density at radius 1 is 1.06 bits per heavy atom. The van der Waals surface area contributed by atoms with Gasteiger partial charge in [0.15, 0.2) is 0 Å². The predicted octanol–water partition coefficient (Wildman–Crippen LogP) is 4.89. The standard InChI is InChI=1S/C17H33N/c1-4-16(2,3)15-9-11-17(18,12-10-15)13-14-7-5-6-8-14/h14-15H,4-13,18H2,1-3H3. The van der Waals surface area contributed by atoms with Crippen LogP contribution in [0.3, 0.4) is 0 Å². The van der Waals surface area contributed by atoms with Crippen LogP contribution in [-0.4, -0.2) is 5.54 Å². The molecule has 0 bridgehead atoms. The largest absolute Gasteiger partial charge is 0.325 e. The van der Waals surface area contributed by atoms with Crippen molar-refractivity contribution in [3.05, 3.63) is 0 Å². The average molecular weight is 251 g/mol. The second-order valence-corrected chi connectivity index (χ2v) is 7.83. The van der Waals surface area contributed by atoms with E-state index in [9.17, 15) is 0 Å². The van der Waals surface area contributed by atoms with Crippen molar-refractivity contribution >= 4 is 0 Å². The van der Waals surface area contributed by atoms with Gasteiger partial charge in [-0.25, -0.2) is 0 Å². The summed E-state index contributed by atoms with van der Waals surface area (Å²) in [6.45, 7) is 7.22. The maximum absolute atomic E-state index is 6.69. The van der Waals surface area contributed by atoms with Crippen molar-refractivity contribution in [2.24, 2.45) is 23.0 Å². The summed E-state index contributed by atoms with van der Waals surface area (Å²) < 4.78 is 0. The fourth-order valence-corrected chi connectivity index (χ4v) is 4.26. The van der Waals surface area contributed by atoms with Gasteiger partial charge in [0.1, 0.15) is 0 Å². The average Bonchev–Trinajstić information content (AvgIpc) is 2.82. The lowest BCUT2D eigenvalue weighted by Crippen LogP contribution is -2.46. The molecule has 0 radical (unpaired) electrons. The molecule has 0 spiro atoms. The van der Waals surface area contributed by atoms with Crippen LogP contribution >= 0.6 is 0 Å². The first-order chi connectivity index (χ1) is 8.45. The van der Waals surface area contributed by atoms with Gasteiger partial charge in [-0.15, -0.1) is 0 Å². The van der Waals surface area contributed by atoms with Crippen molar-refractivity contribution in [3.63, 3.8) is 0 Å². The summed E-state index contributed by atoms with van der Waals surface area (Å²) >= 11 is 0. The van der Waals surface area contributed by atoms with Crippen molar-refractivity contribution < 1.29 is 0 Å². The lowest BCUT2D eigenvalue weighted by atomic mass is 9.64. The summed E-state index contributed by atoms with van der Waals surface area (Å²) in [6.07, 6.45) is 13.7. The molecule has 0 atom stereocenters. The Bertz CT molecular complexity index is 255. The van der Waals surface area contributed by atoms with Gasteiger partial charge in [0.05, 0.1) is 0 Å². The highest BCUT2D eigenvalue weighted by molar-refractivity contribution is 4.95. The Morgan fingerprint density at radius 3 is 2.11 bits per heavy atom. The summed E-state index contributed by atoms with van der Waals surface area (Å²) in [7, 11) is 0. The van der Waals surface area contributed by atoms with Crippen LogP contribution in [0.5, 0.6) is 0 Å². The maximum atomic E-state index is 6.69. The molecule has 0 saturated heterocycles. The molecule has 0 aliphatic heterocycles. The Labute approximate surface area is 114 Å². The molecule has 0 amide bonds. The van der Waals surface area contributed by atoms with E-state index in [1.165, 1.54) is 64.2 Å². The molecular formula is C17H33N. The summed E-state index contributed by atoms with van der Waals surface area (Å²) in [5, 5.41) is 0. The van der Waals surface area contributed by atoms with E-state index in [2.05, 4.69) is 20.8 Å². The first-order valence-electron chi connectivity index (χ1n) is 8.24. The molecule has 0 aromatic rings. The Morgan fingerprint density at radius 2 is 1.61 bits per heavy atom. The molecule has 0 heterocycles. The zero-order valence-electron chi connectivity index (χ0n) is 12.8. The van der Waals surface area contributed by atoms with E-state index in [1.807, 2.05) is 0 Å². The van der Waals surface area contributed by atoms with Gasteiger partial charge in [-0.05, 0) is 49.4 Å². The molecule has 2 N–H and O–H groups in total. The third kappa shape index (κ3) is 3.29. The second kappa shape index (κ2) is 5.53. The van der Waals surface area contributed by atoms with Crippen molar-refractivity contribution in [2.75, 3.05) is 0 Å². The predicted molar refractivity (Wildman–Crippen MR) is 79.5 cm³/mol. The van der Waals surface area contributed by atoms with Gasteiger partial charge in [-0.2, -0.15) is 0 Å². The normalized spacial score (nSPS) is 35.0. The first kappa shape index (κ1) is 14.4. The molecule has 1 heteroatoms. The van der Waals surface area contributed by atoms with Crippen LogP contribution in [-0.2, 0) is 0 Å². The Kier molecular flexibility index (Phi) is 4.41. The maximum Gasteiger partial charge on any atom is 0.0157 e. The van der Waals surface area contributed by atoms with Gasteiger partial charge >= 0.3 is 0 Å². The van der Waals surface area contributed by atoms with Gasteiger partial charge in [0.25, 0.3) is 0 Å². The number of hydrogen-bond donors (Lipinski definition) is 1. The van der Waals surface area contributed by atoms with Crippen LogP contribution < -0.4 is 5.73 Å². The minimum absolute atomic E-state index is 0.190. The van der Waals surface area contributed by atoms with E-state index in [1.54, 1.807) is 0 Å². The van der Waals surface area contributed by atoms with Crippen LogP contribution in [0.25, 0.3) is 0 Å². The van der Waals surface area contributed by atoms with E-state index < -0.39 is 0 Å². The van der Waals surface area contributed by atoms with Crippen molar-refractivity contribution in [1.29, 1.82) is 0 Å². The lowest BCUT2D eigenvalue weighted by Gasteiger charge is -2.44. The summed E-state index contributed by atoms with van der Waals surface area (Å²) in [5.74, 6) is 1.86. The number of nitrogens with two attached hydrogens (primary N) is 1. The SMILES string of the molecule is CCC(C)(C)C1CCC(N)(CC2CCCC2)CC1. The monoisotopic (exact) mass is 251 g/mol. The molecule has 18 heavy (non-hydrogen) atoms. The Balaban J connectivity index is 1.84. The molecule has 2 rings (SSSR count). The third-order valence-electron chi connectivity index (χ3n) is 6.17. The van der Waals surface area contributed by atoms with Gasteiger partial charge in [-0.3, -0.25) is 0 Å². The smallest absolute Gasteiger partial charge is 0.0157 e. The van der Waals surface area contributed by atoms with Crippen molar-refractivity contribution in [3.8, 4) is 0 Å². The van der Waals surface area contributed by atoms with Gasteiger partial charge in [0.2, 0.25) is 0 Å². The summed E-state index contributed by atoms with van der Waals surface area (Å²) in [6, 6.07) is 0. The molecular weight excluding hydrogens is 218 g/mol. The summed E-state index contributed by atoms with van der Waals surface area (Å²) in [5.41, 5.74) is 7.40. The molecule has 2 fully saturated rings. The zero-order chi connectivity index (χ0) is 13.2. The third-order valence-corrected chi connectivity index (χ3v) is 6.17. The molecule has 2 aliphatic rings. The number of rotatable bonds is 4. The minimum atomic E-state index is 0.190. The highest BCUT2D eigenvalue weighted by Crippen LogP contribution is 2.45. The highest BCUT2D eigenvalue weighted by Gasteiger charge is 2.38. The van der Waals surface area contributed by atoms with Gasteiger partial charge < -0.3 is 5.73 Å². The van der Waals surface area contributed by atoms with Crippen LogP contribution in [0.4, 0.5) is 0 Å². The van der Waals surface area contributed by atoms with E-state index in [0.717, 1.165) is 11.8 Å². The zero-order valence-corrected chi connectivity index (χ0v) is 12.8. The fourth-order valence-electron chi connectivity index (χ4n) is 4.26. The molecule has 2 aliphatic carbocycles. The topological polar surface area (TPSA) is 26.0 Å². The van der Waals surface area contributed by atoms with Gasteiger partial charge in [-0.1, -0.05) is 52.9 Å². The Hall–Kier alpha value is -0.0400. The highest BCUT2D eigenvalue weighted by atomic mass is 14.8. The van der Waals surface area contributed by atoms with Crippen LogP contribution in [0, 0.1) is 17.3 Å². The molecule has 0 aromatic heterocycles. The van der Waals surface area contributed by atoms with Crippen LogP contribution in [0.2, 0.25) is 0 Å². The van der Waals surface area contributed by atoms with E-state index >= 15 is 0 Å². The lowest BCUT2D eigenvalue weighted by molar-refractivity contribution is 0.104. The van der Waals surface area contributed by atoms with Crippen molar-refractivity contribution in [2.45, 2.75) is 90.5 Å². The van der Waals surface area contributed by atoms with E-state index in [4.69, 9.17) is 5.73 Å². The minimum Gasteiger partial charge on any atom is -0.325 e. The van der Waals surface area contributed by atoms with Crippen molar-refractivity contribution in [1.82, 2.24) is 0 Å². The van der Waals surface area contributed by atoms with Gasteiger partial charge in [0, 0.05) is 5.54 Å². The first-order valence-corrected chi connectivity index (χ1v) is 8.24. The molecule has 1 nitrogen and oxygen atoms in total. The van der Waals surface area contributed by atoms with E-state index in [0.29, 0.717) is 5.41 Å². The van der Waals surface area contributed by atoms with E-state index in [-0.39, 0.29) is 5.54 Å².